The Bertz CT molecular complexity index is 1050. The van der Waals surface area contributed by atoms with Crippen LogP contribution in [0.5, 0.6) is 0 Å². The number of hydrogen-bond donors (Lipinski definition) is 4. The third kappa shape index (κ3) is 9.95. The number of carboxylic acid groups (broad SMARTS) is 3. The molecule has 0 unspecified atom stereocenters. The van der Waals surface area contributed by atoms with E-state index < -0.39 is 36.4 Å². The van der Waals surface area contributed by atoms with E-state index in [4.69, 9.17) is 20.4 Å². The molecule has 0 amide bonds. The highest BCUT2D eigenvalue weighted by molar-refractivity contribution is 5.88. The number of hydrogen-bond acceptors (Lipinski definition) is 7. The smallest absolute Gasteiger partial charge is 0.336 e. The summed E-state index contributed by atoms with van der Waals surface area (Å²) in [6.07, 6.45) is 1.86. The zero-order valence-electron chi connectivity index (χ0n) is 21.8. The Balaban J connectivity index is 0.000000317. The number of piperidine rings is 1. The Kier molecular flexibility index (Phi) is 11.2. The molecule has 204 valence electrons. The molecule has 0 spiro atoms. The number of aliphatic carboxylic acids is 3. The van der Waals surface area contributed by atoms with Crippen LogP contribution in [0, 0.1) is 13.8 Å². The van der Waals surface area contributed by atoms with E-state index in [2.05, 4.69) is 59.2 Å². The highest BCUT2D eigenvalue weighted by atomic mass is 16.4. The number of aryl methyl sites for hydroxylation is 2. The average molecular weight is 519 g/mol. The Morgan fingerprint density at radius 2 is 1.62 bits per heavy atom. The Morgan fingerprint density at radius 3 is 2.14 bits per heavy atom. The van der Waals surface area contributed by atoms with E-state index in [9.17, 15) is 14.4 Å². The predicted octanol–water partition coefficient (Wildman–Crippen LogP) is 2.16. The molecule has 1 aromatic carbocycles. The fourth-order valence-corrected chi connectivity index (χ4v) is 4.28. The van der Waals surface area contributed by atoms with Gasteiger partial charge in [-0.25, -0.2) is 9.48 Å². The average Bonchev–Trinajstić information content (AvgIpc) is 3.15. The molecule has 11 heteroatoms. The summed E-state index contributed by atoms with van der Waals surface area (Å²) in [6, 6.07) is 10.9. The van der Waals surface area contributed by atoms with Gasteiger partial charge >= 0.3 is 17.9 Å². The number of aromatic nitrogens is 2. The maximum atomic E-state index is 10.3. The maximum absolute atomic E-state index is 10.3. The largest absolute Gasteiger partial charge is 0.481 e. The Morgan fingerprint density at radius 1 is 1.00 bits per heavy atom. The number of rotatable bonds is 11. The van der Waals surface area contributed by atoms with E-state index in [0.29, 0.717) is 0 Å². The molecule has 1 aromatic heterocycles. The van der Waals surface area contributed by atoms with Crippen LogP contribution < -0.4 is 0 Å². The van der Waals surface area contributed by atoms with Gasteiger partial charge in [-0.15, -0.1) is 0 Å². The fraction of sp³-hybridized carbons (Fsp3) is 0.538. The number of carbonyl (C=O) groups is 3. The Labute approximate surface area is 216 Å². The molecule has 0 bridgehead atoms. The van der Waals surface area contributed by atoms with Crippen molar-refractivity contribution in [3.8, 4) is 5.69 Å². The third-order valence-corrected chi connectivity index (χ3v) is 6.15. The zero-order chi connectivity index (χ0) is 27.6. The van der Waals surface area contributed by atoms with Crippen molar-refractivity contribution in [2.24, 2.45) is 0 Å². The first-order valence-corrected chi connectivity index (χ1v) is 12.3. The van der Waals surface area contributed by atoms with Crippen molar-refractivity contribution in [2.75, 3.05) is 33.2 Å². The molecule has 1 fully saturated rings. The first-order chi connectivity index (χ1) is 17.4. The van der Waals surface area contributed by atoms with Gasteiger partial charge in [0.2, 0.25) is 0 Å². The molecule has 0 radical (unpaired) electrons. The van der Waals surface area contributed by atoms with Crippen molar-refractivity contribution in [1.82, 2.24) is 19.6 Å². The number of likely N-dealkylation sites (tertiary alicyclic amines) is 1. The zero-order valence-corrected chi connectivity index (χ0v) is 21.8. The van der Waals surface area contributed by atoms with Gasteiger partial charge in [0.25, 0.3) is 0 Å². The van der Waals surface area contributed by atoms with E-state index >= 15 is 0 Å². The van der Waals surface area contributed by atoms with Crippen LogP contribution in [0.1, 0.15) is 49.1 Å². The van der Waals surface area contributed by atoms with Gasteiger partial charge in [0.05, 0.1) is 24.2 Å². The number of likely N-dealkylation sites (N-methyl/N-ethyl adjacent to an activating group) is 1. The molecule has 2 aromatic rings. The van der Waals surface area contributed by atoms with Gasteiger partial charge in [0.1, 0.15) is 0 Å². The van der Waals surface area contributed by atoms with E-state index in [-0.39, 0.29) is 0 Å². The van der Waals surface area contributed by atoms with Gasteiger partial charge in [-0.05, 0) is 70.6 Å². The first kappa shape index (κ1) is 29.9. The van der Waals surface area contributed by atoms with Crippen LogP contribution in [0.2, 0.25) is 0 Å². The number of carboxylic acids is 3. The Hall–Kier alpha value is -3.28. The molecular formula is C26H38N4O7. The van der Waals surface area contributed by atoms with Crippen LogP contribution in [-0.4, -0.2) is 96.7 Å². The second-order valence-electron chi connectivity index (χ2n) is 9.63. The standard InChI is InChI=1S/C20H30N4.C6H8O7/c1-17-14-18(2)24(21-17)20-9-7-8-19(15-20)16-22(3)12-13-23-10-5-4-6-11-23;7-3(8)1-6(13,5(11)12)2-4(9)10/h7-9,14-15H,4-6,10-13,16H2,1-3H3;13H,1-2H2,(H,7,8)(H,9,10)(H,11,12). The summed E-state index contributed by atoms with van der Waals surface area (Å²) < 4.78 is 2.03. The summed E-state index contributed by atoms with van der Waals surface area (Å²) in [6.45, 7) is 10.0. The van der Waals surface area contributed by atoms with Gasteiger partial charge in [-0.2, -0.15) is 5.10 Å². The molecule has 0 aliphatic carbocycles. The van der Waals surface area contributed by atoms with Gasteiger partial charge in [0, 0.05) is 25.3 Å². The van der Waals surface area contributed by atoms with E-state index in [1.54, 1.807) is 0 Å². The van der Waals surface area contributed by atoms with Crippen molar-refractivity contribution in [3.05, 3.63) is 47.3 Å². The lowest BCUT2D eigenvalue weighted by Crippen LogP contribution is -2.42. The third-order valence-electron chi connectivity index (χ3n) is 6.15. The van der Waals surface area contributed by atoms with Gasteiger partial charge in [0.15, 0.2) is 5.60 Å². The van der Waals surface area contributed by atoms with Crippen LogP contribution in [0.4, 0.5) is 0 Å². The minimum atomic E-state index is -2.74. The van der Waals surface area contributed by atoms with Crippen molar-refractivity contribution < 1.29 is 34.8 Å². The normalized spacial score (nSPS) is 14.2. The second-order valence-corrected chi connectivity index (χ2v) is 9.63. The quantitative estimate of drug-likeness (QED) is 0.347. The molecule has 4 N–H and O–H groups in total. The molecule has 0 atom stereocenters. The lowest BCUT2D eigenvalue weighted by molar-refractivity contribution is -0.170. The highest BCUT2D eigenvalue weighted by Gasteiger charge is 2.40. The summed E-state index contributed by atoms with van der Waals surface area (Å²) in [5.41, 5.74) is 2.01. The van der Waals surface area contributed by atoms with Crippen LogP contribution in [0.3, 0.4) is 0 Å². The minimum Gasteiger partial charge on any atom is -0.481 e. The fourth-order valence-electron chi connectivity index (χ4n) is 4.28. The molecule has 0 saturated carbocycles. The molecule has 2 heterocycles. The van der Waals surface area contributed by atoms with E-state index in [1.807, 2.05) is 11.6 Å². The maximum Gasteiger partial charge on any atom is 0.336 e. The van der Waals surface area contributed by atoms with Gasteiger partial charge in [-0.1, -0.05) is 18.6 Å². The molecule has 1 aliphatic rings. The predicted molar refractivity (Wildman–Crippen MR) is 137 cm³/mol. The first-order valence-electron chi connectivity index (χ1n) is 12.3. The summed E-state index contributed by atoms with van der Waals surface area (Å²) in [5.74, 6) is -5.02. The number of nitrogens with zero attached hydrogens (tertiary/aromatic N) is 4. The van der Waals surface area contributed by atoms with E-state index in [1.165, 1.54) is 50.2 Å². The topological polar surface area (TPSA) is 156 Å². The van der Waals surface area contributed by atoms with Crippen molar-refractivity contribution in [2.45, 2.75) is 58.1 Å². The van der Waals surface area contributed by atoms with E-state index in [0.717, 1.165) is 24.5 Å². The lowest BCUT2D eigenvalue weighted by Gasteiger charge is -2.28. The van der Waals surface area contributed by atoms with Gasteiger partial charge in [-0.3, -0.25) is 9.59 Å². The van der Waals surface area contributed by atoms with Crippen molar-refractivity contribution >= 4 is 17.9 Å². The molecule has 37 heavy (non-hydrogen) atoms. The second kappa shape index (κ2) is 13.9. The number of aliphatic hydroxyl groups is 1. The van der Waals surface area contributed by atoms with Crippen LogP contribution in [0.25, 0.3) is 5.69 Å². The summed E-state index contributed by atoms with van der Waals surface area (Å²) >= 11 is 0. The molecule has 1 saturated heterocycles. The van der Waals surface area contributed by atoms with Crippen LogP contribution in [-0.2, 0) is 20.9 Å². The highest BCUT2D eigenvalue weighted by Crippen LogP contribution is 2.16. The van der Waals surface area contributed by atoms with Gasteiger partial charge < -0.3 is 30.2 Å². The van der Waals surface area contributed by atoms with Crippen molar-refractivity contribution in [1.29, 1.82) is 0 Å². The van der Waals surface area contributed by atoms with Crippen LogP contribution >= 0.6 is 0 Å². The monoisotopic (exact) mass is 518 g/mol. The minimum absolute atomic E-state index is 0.987. The SMILES string of the molecule is Cc1cc(C)n(-c2cccc(CN(C)CCN3CCCCC3)c2)n1.O=C(O)CC(O)(CC(=O)O)C(=O)O. The molecule has 1 aliphatic heterocycles. The summed E-state index contributed by atoms with van der Waals surface area (Å²) in [4.78, 5) is 35.5. The molecule has 3 rings (SSSR count). The molecular weight excluding hydrogens is 480 g/mol. The van der Waals surface area contributed by atoms with Crippen LogP contribution in [0.15, 0.2) is 30.3 Å². The molecule has 11 nitrogen and oxygen atoms in total. The summed E-state index contributed by atoms with van der Waals surface area (Å²) in [5, 5.41) is 38.4. The number of benzene rings is 1. The van der Waals surface area contributed by atoms with Crippen molar-refractivity contribution in [3.63, 3.8) is 0 Å². The lowest BCUT2D eigenvalue weighted by atomic mass is 9.96. The summed E-state index contributed by atoms with van der Waals surface area (Å²) in [7, 11) is 2.22.